The fourth-order valence-electron chi connectivity index (χ4n) is 8.07. The average Bonchev–Trinajstić information content (AvgIpc) is 3.82. The monoisotopic (exact) mass is 1300 g/mol. The van der Waals surface area contributed by atoms with Gasteiger partial charge in [-0.3, -0.25) is 0 Å². The number of halogens is 6. The van der Waals surface area contributed by atoms with Gasteiger partial charge in [0.1, 0.15) is 19.8 Å². The normalized spacial score (nSPS) is 14.3. The third-order valence-electron chi connectivity index (χ3n) is 11.7. The summed E-state index contributed by atoms with van der Waals surface area (Å²) in [4.78, 5) is 0. The van der Waals surface area contributed by atoms with Gasteiger partial charge in [-0.05, 0) is 117 Å². The maximum atomic E-state index is 18.3. The molecule has 3 aromatic carbocycles. The van der Waals surface area contributed by atoms with Gasteiger partial charge in [0.05, 0.1) is 109 Å². The van der Waals surface area contributed by atoms with E-state index >= 15 is 8.63 Å². The van der Waals surface area contributed by atoms with E-state index in [1.165, 1.54) is 0 Å². The Morgan fingerprint density at radius 3 is 1.36 bits per heavy atom. The smallest absolute Gasteiger partial charge is 0.487 e. The fraction of sp³-hybridized carbons (Fsp3) is 0.426. The molecule has 408 valence electrons. The summed E-state index contributed by atoms with van der Waals surface area (Å²) in [6.45, 7) is 4.96. The molecule has 0 fully saturated rings. The van der Waals surface area contributed by atoms with Crippen LogP contribution in [0.5, 0.6) is 17.2 Å². The molecule has 0 spiro atoms. The molecule has 75 heavy (non-hydrogen) atoms. The molecule has 6 rings (SSSR count). The van der Waals surface area contributed by atoms with E-state index < -0.39 is 6.97 Å². The molecule has 0 atom stereocenters. The van der Waals surface area contributed by atoms with Crippen LogP contribution in [-0.2, 0) is 42.6 Å². The van der Waals surface area contributed by atoms with E-state index in [4.69, 9.17) is 56.8 Å². The zero-order valence-corrected chi connectivity index (χ0v) is 49.3. The first-order valence-electron chi connectivity index (χ1n) is 24.5. The van der Waals surface area contributed by atoms with Crippen LogP contribution in [-0.4, -0.2) is 162 Å². The molecule has 0 amide bonds. The first-order valence-corrected chi connectivity index (χ1v) is 27.7. The van der Waals surface area contributed by atoms with E-state index in [1.807, 2.05) is 86.7 Å². The van der Waals surface area contributed by atoms with Crippen molar-refractivity contribution >= 4 is 100 Å². The van der Waals surface area contributed by atoms with E-state index in [0.717, 1.165) is 29.0 Å². The maximum absolute atomic E-state index is 18.3. The van der Waals surface area contributed by atoms with Gasteiger partial charge in [-0.2, -0.15) is 0 Å². The van der Waals surface area contributed by atoms with Crippen molar-refractivity contribution in [2.75, 3.05) is 140 Å². The Hall–Kier alpha value is -3.55. The Bertz CT molecular complexity index is 2580. The molecule has 3 heterocycles. The lowest BCUT2D eigenvalue weighted by Crippen LogP contribution is -2.51. The molecule has 0 saturated carbocycles. The molecule has 14 nitrogen and oxygen atoms in total. The van der Waals surface area contributed by atoms with Crippen molar-refractivity contribution in [1.29, 1.82) is 0 Å². The predicted octanol–water partition coefficient (Wildman–Crippen LogP) is 11.3. The van der Waals surface area contributed by atoms with Crippen LogP contribution in [0.15, 0.2) is 95.9 Å². The molecule has 2 aliphatic rings. The van der Waals surface area contributed by atoms with Gasteiger partial charge in [0.2, 0.25) is 5.75 Å². The molecule has 0 aliphatic carbocycles. The van der Waals surface area contributed by atoms with Gasteiger partial charge in [-0.15, -0.1) is 0 Å². The molecule has 0 N–H and O–H groups in total. The number of ether oxygens (including phenoxy) is 12. The second-order valence-electron chi connectivity index (χ2n) is 16.8. The molecule has 0 unspecified atom stereocenters. The number of rotatable bonds is 35. The number of aromatic nitrogens is 1. The zero-order valence-electron chi connectivity index (χ0n) is 42.9. The minimum absolute atomic E-state index is 0.104. The highest BCUT2D eigenvalue weighted by Gasteiger charge is 2.57. The Morgan fingerprint density at radius 1 is 0.520 bits per heavy atom. The van der Waals surface area contributed by atoms with Gasteiger partial charge in [0.25, 0.3) is 0 Å². The zero-order chi connectivity index (χ0) is 53.6. The molecular formula is C54H65BBr4F2N2O12. The van der Waals surface area contributed by atoms with Crippen molar-refractivity contribution < 1.29 is 70.0 Å². The first kappa shape index (κ1) is 60.7. The molecule has 1 aromatic heterocycles. The summed E-state index contributed by atoms with van der Waals surface area (Å²) in [6, 6.07) is 18.9. The third kappa shape index (κ3) is 17.0. The fourth-order valence-corrected chi connectivity index (χ4v) is 9.62. The number of methoxy groups -OCH3 is 3. The summed E-state index contributed by atoms with van der Waals surface area (Å²) in [5.41, 5.74) is 5.10. The molecule has 0 bridgehead atoms. The second kappa shape index (κ2) is 31.8. The van der Waals surface area contributed by atoms with Gasteiger partial charge < -0.3 is 74.4 Å². The van der Waals surface area contributed by atoms with Crippen molar-refractivity contribution in [2.24, 2.45) is 0 Å². The lowest BCUT2D eigenvalue weighted by Gasteiger charge is -2.34. The van der Waals surface area contributed by atoms with Crippen molar-refractivity contribution in [2.45, 2.75) is 13.8 Å². The van der Waals surface area contributed by atoms with Crippen LogP contribution in [0.3, 0.4) is 0 Å². The number of hydrogen-bond donors (Lipinski definition) is 0. The van der Waals surface area contributed by atoms with Crippen molar-refractivity contribution in [3.8, 4) is 17.2 Å². The minimum Gasteiger partial charge on any atom is -0.487 e. The van der Waals surface area contributed by atoms with Crippen LogP contribution < -0.4 is 14.2 Å². The summed E-state index contributed by atoms with van der Waals surface area (Å²) in [5.74, 6) is 0.875. The SMILES string of the molecule is COCCOCCOCCOc1cc(C2=C3C(C)=C(Br)C(/C=C/c4ccc(Br)cc4)=[N+]3[B-](F)(F)n3c(/C=C/c4ccc(Br)cc4)c(Br)c(C)c32)cc(OCCOCCOCCOC)c1OCCOCCOCCOC. The van der Waals surface area contributed by atoms with Crippen LogP contribution in [0.25, 0.3) is 23.8 Å². The second-order valence-corrected chi connectivity index (χ2v) is 20.2. The number of allylic oxidation sites excluding steroid dienone is 3. The van der Waals surface area contributed by atoms with E-state index in [1.54, 1.807) is 33.5 Å². The topological polar surface area (TPSA) is 119 Å². The van der Waals surface area contributed by atoms with Crippen molar-refractivity contribution in [1.82, 2.24) is 4.48 Å². The minimum atomic E-state index is -4.58. The highest BCUT2D eigenvalue weighted by atomic mass is 79.9. The highest BCUT2D eigenvalue weighted by molar-refractivity contribution is 9.12. The van der Waals surface area contributed by atoms with E-state index in [0.29, 0.717) is 133 Å². The number of fused-ring (bicyclic) bond motifs is 2. The summed E-state index contributed by atoms with van der Waals surface area (Å²) < 4.78 is 111. The maximum Gasteiger partial charge on any atom is 0.737 e. The van der Waals surface area contributed by atoms with E-state index in [2.05, 4.69) is 63.7 Å². The summed E-state index contributed by atoms with van der Waals surface area (Å²) in [7, 11) is 4.85. The van der Waals surface area contributed by atoms with Crippen LogP contribution in [0.4, 0.5) is 8.63 Å². The van der Waals surface area contributed by atoms with Crippen molar-refractivity contribution in [3.05, 3.63) is 130 Å². The Morgan fingerprint density at radius 2 is 0.920 bits per heavy atom. The van der Waals surface area contributed by atoms with Crippen LogP contribution in [0, 0.1) is 6.92 Å². The van der Waals surface area contributed by atoms with Crippen LogP contribution in [0.2, 0.25) is 0 Å². The Balaban J connectivity index is 1.49. The summed E-state index contributed by atoms with van der Waals surface area (Å²) in [6.07, 6.45) is 7.11. The Labute approximate surface area is 472 Å². The summed E-state index contributed by atoms with van der Waals surface area (Å²) in [5, 5.41) is 0. The number of benzene rings is 3. The average molecular weight is 1300 g/mol. The highest BCUT2D eigenvalue weighted by Crippen LogP contribution is 2.51. The van der Waals surface area contributed by atoms with Gasteiger partial charge >= 0.3 is 6.97 Å². The predicted molar refractivity (Wildman–Crippen MR) is 303 cm³/mol. The number of nitrogens with zero attached hydrogens (tertiary/aromatic N) is 2. The molecular weight excluding hydrogens is 1240 g/mol. The number of hydrogen-bond acceptors (Lipinski definition) is 12. The lowest BCUT2D eigenvalue weighted by molar-refractivity contribution is -0.362. The molecule has 0 radical (unpaired) electrons. The molecule has 4 aromatic rings. The first-order chi connectivity index (χ1) is 36.4. The Kier molecular flexibility index (Phi) is 25.7. The lowest BCUT2D eigenvalue weighted by atomic mass is 9.83. The molecule has 2 aliphatic heterocycles. The largest absolute Gasteiger partial charge is 0.737 e. The van der Waals surface area contributed by atoms with E-state index in [9.17, 15) is 0 Å². The van der Waals surface area contributed by atoms with Gasteiger partial charge in [0, 0.05) is 57.8 Å². The van der Waals surface area contributed by atoms with Crippen LogP contribution in [0.1, 0.15) is 40.6 Å². The molecule has 21 heteroatoms. The van der Waals surface area contributed by atoms with Crippen LogP contribution >= 0.6 is 63.7 Å². The van der Waals surface area contributed by atoms with Gasteiger partial charge in [-0.1, -0.05) is 62.2 Å². The quantitative estimate of drug-likeness (QED) is 0.0322. The standard InChI is InChI=1S/C54H65BBr4F2N2O12/c1-38-50(58)45(16-10-40-6-12-43(56)13-7-40)62-52(38)49(53-39(2)51(59)46(63(53)55(62,60)61)17-11-41-8-14-44(57)15-9-41)42-36-47(73-33-30-70-27-24-67-21-18-64-3)54(75-35-32-72-29-26-69-23-20-66-5)48(37-42)74-34-31-71-28-25-68-22-19-65-4/h6-17,36-37H,18-35H2,1-5H3/b16-10+,17-11+. The molecule has 0 saturated heterocycles. The van der Waals surface area contributed by atoms with Gasteiger partial charge in [-0.25, -0.2) is 0 Å². The van der Waals surface area contributed by atoms with Gasteiger partial charge in [0.15, 0.2) is 22.9 Å². The van der Waals surface area contributed by atoms with E-state index in [-0.39, 0.29) is 56.8 Å². The van der Waals surface area contributed by atoms with Crippen molar-refractivity contribution in [3.63, 3.8) is 0 Å². The third-order valence-corrected chi connectivity index (χ3v) is 14.7. The summed E-state index contributed by atoms with van der Waals surface area (Å²) >= 11 is 14.6.